The van der Waals surface area contributed by atoms with Crippen molar-refractivity contribution in [2.45, 2.75) is 13.5 Å². The van der Waals surface area contributed by atoms with E-state index in [0.29, 0.717) is 0 Å². The van der Waals surface area contributed by atoms with Gasteiger partial charge in [-0.25, -0.2) is 9.97 Å². The number of aryl methyl sites for hydroxylation is 1. The Morgan fingerprint density at radius 3 is 2.93 bits per heavy atom. The Balaban J connectivity index is 2.62. The highest BCUT2D eigenvalue weighted by Crippen LogP contribution is 2.25. The summed E-state index contributed by atoms with van der Waals surface area (Å²) < 4.78 is 2.24. The fourth-order valence-electron chi connectivity index (χ4n) is 2.11. The molecular formula is C12H11N3. The average Bonchev–Trinajstić information content (AvgIpc) is 2.63. The van der Waals surface area contributed by atoms with Crippen molar-refractivity contribution in [2.75, 3.05) is 0 Å². The summed E-state index contributed by atoms with van der Waals surface area (Å²) in [5.74, 6) is 0. The maximum Gasteiger partial charge on any atom is 0.116 e. The number of fused-ring (bicyclic) bond motifs is 3. The number of rotatable bonds is 1. The molecule has 0 amide bonds. The summed E-state index contributed by atoms with van der Waals surface area (Å²) in [7, 11) is 0. The van der Waals surface area contributed by atoms with Crippen LogP contribution in [-0.4, -0.2) is 14.5 Å². The third kappa shape index (κ3) is 1.06. The first-order valence-electron chi connectivity index (χ1n) is 5.08. The van der Waals surface area contributed by atoms with Crippen LogP contribution in [0.3, 0.4) is 0 Å². The lowest BCUT2D eigenvalue weighted by Gasteiger charge is -2.00. The summed E-state index contributed by atoms with van der Waals surface area (Å²) in [6, 6.07) is 8.34. The first-order chi connectivity index (χ1) is 7.42. The predicted octanol–water partition coefficient (Wildman–Crippen LogP) is 2.60. The Hall–Kier alpha value is -1.90. The molecule has 0 radical (unpaired) electrons. The Bertz CT molecular complexity index is 572. The number of aromatic nitrogens is 3. The van der Waals surface area contributed by atoms with Crippen molar-refractivity contribution < 1.29 is 0 Å². The molecule has 0 aliphatic carbocycles. The lowest BCUT2D eigenvalue weighted by Crippen LogP contribution is -1.93. The van der Waals surface area contributed by atoms with E-state index in [0.717, 1.165) is 17.6 Å². The van der Waals surface area contributed by atoms with Crippen LogP contribution in [0.15, 0.2) is 36.8 Å². The molecule has 3 rings (SSSR count). The molecule has 15 heavy (non-hydrogen) atoms. The third-order valence-corrected chi connectivity index (χ3v) is 2.75. The van der Waals surface area contributed by atoms with Gasteiger partial charge in [0.25, 0.3) is 0 Å². The van der Waals surface area contributed by atoms with Crippen molar-refractivity contribution in [3.63, 3.8) is 0 Å². The van der Waals surface area contributed by atoms with Crippen molar-refractivity contribution in [2.24, 2.45) is 0 Å². The van der Waals surface area contributed by atoms with E-state index in [2.05, 4.69) is 39.7 Å². The second kappa shape index (κ2) is 3.05. The SMILES string of the molecule is CCn1c2ccccc2c2ncncc21. The first-order valence-corrected chi connectivity index (χ1v) is 5.08. The Morgan fingerprint density at radius 1 is 1.20 bits per heavy atom. The first kappa shape index (κ1) is 8.41. The molecule has 2 aromatic heterocycles. The van der Waals surface area contributed by atoms with Gasteiger partial charge in [0.1, 0.15) is 6.33 Å². The van der Waals surface area contributed by atoms with Crippen LogP contribution in [0.1, 0.15) is 6.92 Å². The molecule has 0 spiro atoms. The van der Waals surface area contributed by atoms with Crippen LogP contribution in [0.5, 0.6) is 0 Å². The van der Waals surface area contributed by atoms with Gasteiger partial charge in [-0.3, -0.25) is 0 Å². The topological polar surface area (TPSA) is 30.7 Å². The van der Waals surface area contributed by atoms with Gasteiger partial charge in [0.2, 0.25) is 0 Å². The molecule has 0 fully saturated rings. The highest BCUT2D eigenvalue weighted by Gasteiger charge is 2.08. The number of nitrogens with zero attached hydrogens (tertiary/aromatic N) is 3. The number of hydrogen-bond acceptors (Lipinski definition) is 2. The molecule has 0 N–H and O–H groups in total. The van der Waals surface area contributed by atoms with E-state index < -0.39 is 0 Å². The zero-order valence-electron chi connectivity index (χ0n) is 8.51. The smallest absolute Gasteiger partial charge is 0.116 e. The third-order valence-electron chi connectivity index (χ3n) is 2.75. The van der Waals surface area contributed by atoms with E-state index in [1.165, 1.54) is 10.9 Å². The van der Waals surface area contributed by atoms with Gasteiger partial charge in [-0.15, -0.1) is 0 Å². The maximum atomic E-state index is 4.35. The summed E-state index contributed by atoms with van der Waals surface area (Å²) in [5, 5.41) is 1.21. The summed E-state index contributed by atoms with van der Waals surface area (Å²) in [6.07, 6.45) is 3.49. The largest absolute Gasteiger partial charge is 0.338 e. The van der Waals surface area contributed by atoms with E-state index in [1.807, 2.05) is 12.3 Å². The maximum absolute atomic E-state index is 4.35. The summed E-state index contributed by atoms with van der Waals surface area (Å²) >= 11 is 0. The van der Waals surface area contributed by atoms with Gasteiger partial charge in [-0.2, -0.15) is 0 Å². The zero-order chi connectivity index (χ0) is 10.3. The van der Waals surface area contributed by atoms with Crippen molar-refractivity contribution >= 4 is 21.9 Å². The van der Waals surface area contributed by atoms with Gasteiger partial charge in [-0.05, 0) is 13.0 Å². The van der Waals surface area contributed by atoms with Gasteiger partial charge in [0.05, 0.1) is 22.7 Å². The summed E-state index contributed by atoms with van der Waals surface area (Å²) in [5.41, 5.74) is 3.39. The lowest BCUT2D eigenvalue weighted by molar-refractivity contribution is 0.824. The zero-order valence-corrected chi connectivity index (χ0v) is 8.51. The molecule has 3 heteroatoms. The van der Waals surface area contributed by atoms with Crippen LogP contribution in [0.4, 0.5) is 0 Å². The summed E-state index contributed by atoms with van der Waals surface area (Å²) in [6.45, 7) is 3.08. The van der Waals surface area contributed by atoms with Crippen molar-refractivity contribution in [1.29, 1.82) is 0 Å². The quantitative estimate of drug-likeness (QED) is 0.600. The molecule has 1 aromatic carbocycles. The average molecular weight is 197 g/mol. The fourth-order valence-corrected chi connectivity index (χ4v) is 2.11. The molecule has 3 aromatic rings. The minimum atomic E-state index is 0.942. The van der Waals surface area contributed by atoms with Crippen LogP contribution in [0.25, 0.3) is 21.9 Å². The molecule has 2 heterocycles. The Labute approximate surface area is 87.4 Å². The molecule has 0 bridgehead atoms. The van der Waals surface area contributed by atoms with Crippen LogP contribution in [0, 0.1) is 0 Å². The predicted molar refractivity (Wildman–Crippen MR) is 60.7 cm³/mol. The van der Waals surface area contributed by atoms with Crippen molar-refractivity contribution in [3.05, 3.63) is 36.8 Å². The normalized spacial score (nSPS) is 11.3. The molecule has 0 aliphatic heterocycles. The van der Waals surface area contributed by atoms with E-state index in [4.69, 9.17) is 0 Å². The van der Waals surface area contributed by atoms with Gasteiger partial charge >= 0.3 is 0 Å². The molecule has 0 unspecified atom stereocenters. The van der Waals surface area contributed by atoms with E-state index in [1.54, 1.807) is 6.33 Å². The second-order valence-electron chi connectivity index (χ2n) is 3.52. The molecule has 0 saturated carbocycles. The number of para-hydroxylation sites is 1. The van der Waals surface area contributed by atoms with E-state index in [-0.39, 0.29) is 0 Å². The van der Waals surface area contributed by atoms with E-state index in [9.17, 15) is 0 Å². The van der Waals surface area contributed by atoms with Crippen LogP contribution in [0.2, 0.25) is 0 Å². The molecule has 74 valence electrons. The van der Waals surface area contributed by atoms with Crippen LogP contribution in [-0.2, 0) is 6.54 Å². The molecule has 3 nitrogen and oxygen atoms in total. The minimum absolute atomic E-state index is 0.942. The van der Waals surface area contributed by atoms with Crippen molar-refractivity contribution in [1.82, 2.24) is 14.5 Å². The highest BCUT2D eigenvalue weighted by atomic mass is 15.0. The lowest BCUT2D eigenvalue weighted by atomic mass is 10.2. The molecular weight excluding hydrogens is 186 g/mol. The number of benzene rings is 1. The monoisotopic (exact) mass is 197 g/mol. The minimum Gasteiger partial charge on any atom is -0.338 e. The standard InChI is InChI=1S/C12H11N3/c1-2-15-10-6-4-3-5-9(10)12-11(15)7-13-8-14-12/h3-8H,2H2,1H3. The molecule has 0 aliphatic rings. The summed E-state index contributed by atoms with van der Waals surface area (Å²) in [4.78, 5) is 8.43. The van der Waals surface area contributed by atoms with Crippen molar-refractivity contribution in [3.8, 4) is 0 Å². The van der Waals surface area contributed by atoms with Gasteiger partial charge < -0.3 is 4.57 Å². The Kier molecular flexibility index (Phi) is 1.71. The van der Waals surface area contributed by atoms with Crippen LogP contribution >= 0.6 is 0 Å². The van der Waals surface area contributed by atoms with Gasteiger partial charge in [-0.1, -0.05) is 18.2 Å². The van der Waals surface area contributed by atoms with Gasteiger partial charge in [0.15, 0.2) is 0 Å². The second-order valence-corrected chi connectivity index (χ2v) is 3.52. The fraction of sp³-hybridized carbons (Fsp3) is 0.167. The molecule has 0 saturated heterocycles. The Morgan fingerprint density at radius 2 is 2.07 bits per heavy atom. The number of hydrogen-bond donors (Lipinski definition) is 0. The molecule has 0 atom stereocenters. The van der Waals surface area contributed by atoms with E-state index >= 15 is 0 Å². The van der Waals surface area contributed by atoms with Gasteiger partial charge in [0, 0.05) is 11.9 Å². The highest BCUT2D eigenvalue weighted by molar-refractivity contribution is 6.05. The van der Waals surface area contributed by atoms with Crippen LogP contribution < -0.4 is 0 Å².